The number of hydrogen-bond donors (Lipinski definition) is 1. The van der Waals surface area contributed by atoms with Crippen LogP contribution in [0, 0.1) is 11.8 Å². The first kappa shape index (κ1) is 12.6. The van der Waals surface area contributed by atoms with Crippen molar-refractivity contribution in [2.75, 3.05) is 6.54 Å². The molecule has 0 aliphatic heterocycles. The van der Waals surface area contributed by atoms with Crippen LogP contribution in [0.15, 0.2) is 24.5 Å². The predicted molar refractivity (Wildman–Crippen MR) is 71.9 cm³/mol. The zero-order valence-electron chi connectivity index (χ0n) is 11.0. The first-order valence-electron chi connectivity index (χ1n) is 6.88. The summed E-state index contributed by atoms with van der Waals surface area (Å²) in [7, 11) is 0. The molecule has 1 aromatic rings. The van der Waals surface area contributed by atoms with Crippen molar-refractivity contribution in [3.8, 4) is 0 Å². The molecule has 0 amide bonds. The van der Waals surface area contributed by atoms with E-state index in [2.05, 4.69) is 36.3 Å². The molecule has 1 aliphatic carbocycles. The first-order valence-corrected chi connectivity index (χ1v) is 6.88. The third-order valence-corrected chi connectivity index (χ3v) is 3.85. The molecule has 0 bridgehead atoms. The summed E-state index contributed by atoms with van der Waals surface area (Å²) in [6.07, 6.45) is 9.24. The molecule has 17 heavy (non-hydrogen) atoms. The second-order valence-corrected chi connectivity index (χ2v) is 5.57. The van der Waals surface area contributed by atoms with Crippen LogP contribution in [-0.2, 0) is 6.42 Å². The molecule has 94 valence electrons. The van der Waals surface area contributed by atoms with Crippen LogP contribution in [0.5, 0.6) is 0 Å². The average Bonchev–Trinajstić information content (AvgIpc) is 2.75. The van der Waals surface area contributed by atoms with E-state index in [1.807, 2.05) is 12.4 Å². The van der Waals surface area contributed by atoms with Gasteiger partial charge < -0.3 is 5.32 Å². The van der Waals surface area contributed by atoms with Gasteiger partial charge in [0.15, 0.2) is 0 Å². The summed E-state index contributed by atoms with van der Waals surface area (Å²) < 4.78 is 0. The second kappa shape index (κ2) is 6.15. The molecule has 1 aliphatic rings. The predicted octanol–water partition coefficient (Wildman–Crippen LogP) is 3.04. The standard InChI is InChI=1S/C15H24N2/c1-12(2)17-11-15-5-3-4-14(15)10-13-6-8-16-9-7-13/h6-9,12,14-15,17H,3-5,10-11H2,1-2H3. The van der Waals surface area contributed by atoms with Crippen LogP contribution in [0.3, 0.4) is 0 Å². The number of aromatic nitrogens is 1. The Labute approximate surface area is 105 Å². The van der Waals surface area contributed by atoms with Crippen molar-refractivity contribution in [2.24, 2.45) is 11.8 Å². The molecule has 2 atom stereocenters. The molecule has 2 heteroatoms. The summed E-state index contributed by atoms with van der Waals surface area (Å²) in [6.45, 7) is 5.65. The van der Waals surface area contributed by atoms with Crippen LogP contribution in [0.4, 0.5) is 0 Å². The van der Waals surface area contributed by atoms with Crippen molar-refractivity contribution in [2.45, 2.75) is 45.6 Å². The minimum absolute atomic E-state index is 0.608. The SMILES string of the molecule is CC(C)NCC1CCCC1Cc1ccncc1. The smallest absolute Gasteiger partial charge is 0.0270 e. The van der Waals surface area contributed by atoms with E-state index in [0.29, 0.717) is 6.04 Å². The summed E-state index contributed by atoms with van der Waals surface area (Å²) in [5.41, 5.74) is 1.45. The maximum Gasteiger partial charge on any atom is 0.0270 e. The molecular formula is C15H24N2. The van der Waals surface area contributed by atoms with E-state index in [0.717, 1.165) is 11.8 Å². The summed E-state index contributed by atoms with van der Waals surface area (Å²) in [5.74, 6) is 1.73. The summed E-state index contributed by atoms with van der Waals surface area (Å²) in [6, 6.07) is 4.92. The fourth-order valence-corrected chi connectivity index (χ4v) is 2.86. The summed E-state index contributed by atoms with van der Waals surface area (Å²) >= 11 is 0. The summed E-state index contributed by atoms with van der Waals surface area (Å²) in [5, 5.41) is 3.59. The zero-order valence-corrected chi connectivity index (χ0v) is 11.0. The Morgan fingerprint density at radius 2 is 1.94 bits per heavy atom. The van der Waals surface area contributed by atoms with E-state index in [-0.39, 0.29) is 0 Å². The van der Waals surface area contributed by atoms with Gasteiger partial charge in [-0.15, -0.1) is 0 Å². The largest absolute Gasteiger partial charge is 0.314 e. The third kappa shape index (κ3) is 3.81. The monoisotopic (exact) mass is 232 g/mol. The lowest BCUT2D eigenvalue weighted by atomic mass is 9.90. The number of hydrogen-bond acceptors (Lipinski definition) is 2. The molecule has 0 spiro atoms. The van der Waals surface area contributed by atoms with Gasteiger partial charge >= 0.3 is 0 Å². The molecule has 0 saturated heterocycles. The molecule has 2 nitrogen and oxygen atoms in total. The van der Waals surface area contributed by atoms with Crippen molar-refractivity contribution in [3.63, 3.8) is 0 Å². The Balaban J connectivity index is 1.87. The lowest BCUT2D eigenvalue weighted by Gasteiger charge is -2.21. The molecule has 2 rings (SSSR count). The highest BCUT2D eigenvalue weighted by atomic mass is 14.9. The molecule has 1 heterocycles. The van der Waals surface area contributed by atoms with Crippen LogP contribution < -0.4 is 5.32 Å². The van der Waals surface area contributed by atoms with Gasteiger partial charge in [0.25, 0.3) is 0 Å². The maximum absolute atomic E-state index is 4.09. The summed E-state index contributed by atoms with van der Waals surface area (Å²) in [4.78, 5) is 4.09. The van der Waals surface area contributed by atoms with E-state index in [4.69, 9.17) is 0 Å². The van der Waals surface area contributed by atoms with E-state index < -0.39 is 0 Å². The van der Waals surface area contributed by atoms with Gasteiger partial charge in [-0.05, 0) is 55.3 Å². The molecular weight excluding hydrogens is 208 g/mol. The van der Waals surface area contributed by atoms with Crippen LogP contribution in [0.25, 0.3) is 0 Å². The van der Waals surface area contributed by atoms with Crippen LogP contribution >= 0.6 is 0 Å². The van der Waals surface area contributed by atoms with Crippen molar-refractivity contribution in [1.29, 1.82) is 0 Å². The van der Waals surface area contributed by atoms with Crippen molar-refractivity contribution in [3.05, 3.63) is 30.1 Å². The van der Waals surface area contributed by atoms with Gasteiger partial charge in [-0.25, -0.2) is 0 Å². The minimum atomic E-state index is 0.608. The van der Waals surface area contributed by atoms with Crippen molar-refractivity contribution < 1.29 is 0 Å². The Kier molecular flexibility index (Phi) is 4.55. The van der Waals surface area contributed by atoms with E-state index in [1.54, 1.807) is 0 Å². The molecule has 2 unspecified atom stereocenters. The van der Waals surface area contributed by atoms with Crippen LogP contribution in [0.2, 0.25) is 0 Å². The van der Waals surface area contributed by atoms with Gasteiger partial charge in [0, 0.05) is 18.4 Å². The molecule has 1 aromatic heterocycles. The van der Waals surface area contributed by atoms with E-state index in [9.17, 15) is 0 Å². The quantitative estimate of drug-likeness (QED) is 0.844. The van der Waals surface area contributed by atoms with E-state index in [1.165, 1.54) is 37.8 Å². The minimum Gasteiger partial charge on any atom is -0.314 e. The van der Waals surface area contributed by atoms with Gasteiger partial charge in [-0.3, -0.25) is 4.98 Å². The topological polar surface area (TPSA) is 24.9 Å². The highest BCUT2D eigenvalue weighted by molar-refractivity contribution is 5.11. The van der Waals surface area contributed by atoms with Gasteiger partial charge in [0.1, 0.15) is 0 Å². The Hall–Kier alpha value is -0.890. The Morgan fingerprint density at radius 1 is 1.24 bits per heavy atom. The van der Waals surface area contributed by atoms with Gasteiger partial charge in [-0.2, -0.15) is 0 Å². The highest BCUT2D eigenvalue weighted by Gasteiger charge is 2.26. The maximum atomic E-state index is 4.09. The number of pyridine rings is 1. The van der Waals surface area contributed by atoms with Crippen molar-refractivity contribution >= 4 is 0 Å². The molecule has 1 N–H and O–H groups in total. The lowest BCUT2D eigenvalue weighted by Crippen LogP contribution is -2.31. The highest BCUT2D eigenvalue weighted by Crippen LogP contribution is 2.33. The van der Waals surface area contributed by atoms with Gasteiger partial charge in [-0.1, -0.05) is 20.3 Å². The van der Waals surface area contributed by atoms with Crippen LogP contribution in [0.1, 0.15) is 38.7 Å². The van der Waals surface area contributed by atoms with Gasteiger partial charge in [0.2, 0.25) is 0 Å². The van der Waals surface area contributed by atoms with Crippen LogP contribution in [-0.4, -0.2) is 17.6 Å². The zero-order chi connectivity index (χ0) is 12.1. The van der Waals surface area contributed by atoms with Gasteiger partial charge in [0.05, 0.1) is 0 Å². The normalized spacial score (nSPS) is 24.4. The second-order valence-electron chi connectivity index (χ2n) is 5.57. The number of nitrogens with zero attached hydrogens (tertiary/aromatic N) is 1. The Morgan fingerprint density at radius 3 is 2.65 bits per heavy atom. The molecule has 1 fully saturated rings. The molecule has 0 aromatic carbocycles. The molecule has 0 radical (unpaired) electrons. The number of nitrogens with one attached hydrogen (secondary N) is 1. The fraction of sp³-hybridized carbons (Fsp3) is 0.667. The Bertz CT molecular complexity index is 321. The lowest BCUT2D eigenvalue weighted by molar-refractivity contribution is 0.354. The van der Waals surface area contributed by atoms with Crippen molar-refractivity contribution in [1.82, 2.24) is 10.3 Å². The number of rotatable bonds is 5. The first-order chi connectivity index (χ1) is 8.25. The average molecular weight is 232 g/mol. The molecule has 1 saturated carbocycles. The third-order valence-electron chi connectivity index (χ3n) is 3.85. The fourth-order valence-electron chi connectivity index (χ4n) is 2.86. The van der Waals surface area contributed by atoms with E-state index >= 15 is 0 Å².